The van der Waals surface area contributed by atoms with E-state index in [0.717, 1.165) is 44.3 Å². The molecule has 5 nitrogen and oxygen atoms in total. The fraction of sp³-hybridized carbons (Fsp3) is 0.583. The number of methoxy groups -OCH3 is 1. The van der Waals surface area contributed by atoms with E-state index in [2.05, 4.69) is 14.6 Å². The van der Waals surface area contributed by atoms with E-state index in [-0.39, 0.29) is 0 Å². The van der Waals surface area contributed by atoms with E-state index >= 15 is 0 Å². The summed E-state index contributed by atoms with van der Waals surface area (Å²) >= 11 is 1.68. The number of rotatable bonds is 6. The molecule has 1 aliphatic heterocycles. The monoisotopic (exact) mass is 269 g/mol. The highest BCUT2D eigenvalue weighted by Gasteiger charge is 2.09. The van der Waals surface area contributed by atoms with Crippen molar-refractivity contribution >= 4 is 17.6 Å². The van der Waals surface area contributed by atoms with Crippen molar-refractivity contribution in [2.24, 2.45) is 0 Å². The number of hydrogen-bond acceptors (Lipinski definition) is 6. The van der Waals surface area contributed by atoms with Crippen molar-refractivity contribution < 1.29 is 9.47 Å². The largest absolute Gasteiger partial charge is 0.480 e. The molecule has 100 valence electrons. The van der Waals surface area contributed by atoms with Gasteiger partial charge >= 0.3 is 0 Å². The molecular formula is C12H19N3O2S. The average molecular weight is 269 g/mol. The normalized spacial score (nSPS) is 16.5. The topological polar surface area (TPSA) is 46.6 Å². The number of aromatic nitrogens is 1. The summed E-state index contributed by atoms with van der Waals surface area (Å²) < 4.78 is 13.8. The number of pyridine rings is 1. The molecule has 18 heavy (non-hydrogen) atoms. The molecular weight excluding hydrogens is 250 g/mol. The van der Waals surface area contributed by atoms with Crippen LogP contribution in [-0.2, 0) is 4.74 Å². The van der Waals surface area contributed by atoms with Crippen molar-refractivity contribution in [2.75, 3.05) is 50.4 Å². The number of ether oxygens (including phenoxy) is 2. The molecule has 0 bridgehead atoms. The zero-order valence-electron chi connectivity index (χ0n) is 10.6. The molecule has 1 aromatic rings. The first kappa shape index (κ1) is 13.5. The van der Waals surface area contributed by atoms with Crippen molar-refractivity contribution in [3.05, 3.63) is 18.3 Å². The summed E-state index contributed by atoms with van der Waals surface area (Å²) in [5, 5.41) is 0. The van der Waals surface area contributed by atoms with Gasteiger partial charge in [-0.1, -0.05) is 11.9 Å². The molecule has 0 radical (unpaired) electrons. The van der Waals surface area contributed by atoms with Gasteiger partial charge in [-0.2, -0.15) is 0 Å². The molecule has 0 saturated carbocycles. The Bertz CT molecular complexity index is 359. The van der Waals surface area contributed by atoms with E-state index in [0.29, 0.717) is 5.88 Å². The SMILES string of the molecule is COc1ncccc1NSCCN1CCOCC1. The van der Waals surface area contributed by atoms with Crippen LogP contribution in [-0.4, -0.2) is 55.6 Å². The summed E-state index contributed by atoms with van der Waals surface area (Å²) in [6.07, 6.45) is 1.72. The van der Waals surface area contributed by atoms with E-state index in [1.807, 2.05) is 12.1 Å². The molecule has 0 unspecified atom stereocenters. The minimum absolute atomic E-state index is 0.636. The molecule has 0 spiro atoms. The standard InChI is InChI=1S/C12H19N3O2S/c1-16-12-11(3-2-4-13-12)14-18-10-7-15-5-8-17-9-6-15/h2-4,14H,5-10H2,1H3. The van der Waals surface area contributed by atoms with Crippen LogP contribution in [0.25, 0.3) is 0 Å². The van der Waals surface area contributed by atoms with Crippen LogP contribution in [0.2, 0.25) is 0 Å². The molecule has 0 atom stereocenters. The first-order valence-corrected chi connectivity index (χ1v) is 7.05. The second-order valence-electron chi connectivity index (χ2n) is 3.96. The van der Waals surface area contributed by atoms with Gasteiger partial charge in [-0.15, -0.1) is 0 Å². The van der Waals surface area contributed by atoms with Gasteiger partial charge in [0.1, 0.15) is 5.69 Å². The molecule has 2 heterocycles. The summed E-state index contributed by atoms with van der Waals surface area (Å²) in [6.45, 7) is 4.86. The summed E-state index contributed by atoms with van der Waals surface area (Å²) in [6, 6.07) is 3.86. The van der Waals surface area contributed by atoms with Gasteiger partial charge in [-0.25, -0.2) is 4.98 Å². The van der Waals surface area contributed by atoms with E-state index < -0.39 is 0 Å². The molecule has 1 aromatic heterocycles. The van der Waals surface area contributed by atoms with Crippen LogP contribution < -0.4 is 9.46 Å². The number of nitrogens with zero attached hydrogens (tertiary/aromatic N) is 2. The summed E-state index contributed by atoms with van der Waals surface area (Å²) in [5.74, 6) is 1.66. The number of morpholine rings is 1. The molecule has 1 fully saturated rings. The maximum Gasteiger partial charge on any atom is 0.237 e. The van der Waals surface area contributed by atoms with Crippen molar-refractivity contribution in [3.63, 3.8) is 0 Å². The molecule has 0 amide bonds. The first-order valence-electron chi connectivity index (χ1n) is 6.07. The third-order valence-electron chi connectivity index (χ3n) is 2.76. The molecule has 1 saturated heterocycles. The van der Waals surface area contributed by atoms with Crippen LogP contribution in [0, 0.1) is 0 Å². The quantitative estimate of drug-likeness (QED) is 0.623. The van der Waals surface area contributed by atoms with Gasteiger partial charge in [-0.05, 0) is 12.1 Å². The number of anilines is 1. The Hall–Kier alpha value is -0.980. The summed E-state index contributed by atoms with van der Waals surface area (Å²) in [5.41, 5.74) is 0.923. The lowest BCUT2D eigenvalue weighted by molar-refractivity contribution is 0.0410. The Morgan fingerprint density at radius 1 is 1.50 bits per heavy atom. The maximum atomic E-state index is 5.32. The Labute approximate surface area is 112 Å². The smallest absolute Gasteiger partial charge is 0.237 e. The third kappa shape index (κ3) is 4.04. The molecule has 0 aliphatic carbocycles. The third-order valence-corrected chi connectivity index (χ3v) is 3.51. The molecule has 6 heteroatoms. The second-order valence-corrected chi connectivity index (χ2v) is 4.87. The van der Waals surface area contributed by atoms with Gasteiger partial charge in [-0.3, -0.25) is 4.90 Å². The lowest BCUT2D eigenvalue weighted by atomic mass is 10.4. The van der Waals surface area contributed by atoms with Crippen LogP contribution in [0.1, 0.15) is 0 Å². The van der Waals surface area contributed by atoms with Crippen molar-refractivity contribution in [2.45, 2.75) is 0 Å². The number of hydrogen-bond donors (Lipinski definition) is 1. The highest BCUT2D eigenvalue weighted by atomic mass is 32.2. The van der Waals surface area contributed by atoms with Crippen molar-refractivity contribution in [1.82, 2.24) is 9.88 Å². The molecule has 2 rings (SSSR count). The highest BCUT2D eigenvalue weighted by molar-refractivity contribution is 8.00. The fourth-order valence-electron chi connectivity index (χ4n) is 1.76. The van der Waals surface area contributed by atoms with E-state index in [1.165, 1.54) is 0 Å². The van der Waals surface area contributed by atoms with Gasteiger partial charge in [0.2, 0.25) is 5.88 Å². The van der Waals surface area contributed by atoms with Crippen molar-refractivity contribution in [3.8, 4) is 5.88 Å². The van der Waals surface area contributed by atoms with Crippen LogP contribution >= 0.6 is 11.9 Å². The Morgan fingerprint density at radius 3 is 3.11 bits per heavy atom. The van der Waals surface area contributed by atoms with Crippen LogP contribution in [0.15, 0.2) is 18.3 Å². The predicted octanol–water partition coefficient (Wildman–Crippen LogP) is 1.48. The Kier molecular flexibility index (Phi) is 5.57. The molecule has 1 N–H and O–H groups in total. The zero-order valence-corrected chi connectivity index (χ0v) is 11.4. The highest BCUT2D eigenvalue weighted by Crippen LogP contribution is 2.22. The second kappa shape index (κ2) is 7.45. The van der Waals surface area contributed by atoms with Gasteiger partial charge in [0.05, 0.1) is 20.3 Å². The number of nitrogens with one attached hydrogen (secondary N) is 1. The molecule has 0 aromatic carbocycles. The Morgan fingerprint density at radius 2 is 2.33 bits per heavy atom. The zero-order chi connectivity index (χ0) is 12.6. The van der Waals surface area contributed by atoms with Crippen LogP contribution in [0.3, 0.4) is 0 Å². The first-order chi connectivity index (χ1) is 8.90. The van der Waals surface area contributed by atoms with Crippen LogP contribution in [0.4, 0.5) is 5.69 Å². The average Bonchev–Trinajstić information content (AvgIpc) is 2.45. The van der Waals surface area contributed by atoms with E-state index in [4.69, 9.17) is 9.47 Å². The predicted molar refractivity (Wildman–Crippen MR) is 74.1 cm³/mol. The minimum atomic E-state index is 0.636. The lowest BCUT2D eigenvalue weighted by Crippen LogP contribution is -2.37. The van der Waals surface area contributed by atoms with E-state index in [1.54, 1.807) is 25.3 Å². The van der Waals surface area contributed by atoms with E-state index in [9.17, 15) is 0 Å². The summed E-state index contributed by atoms with van der Waals surface area (Å²) in [7, 11) is 1.63. The van der Waals surface area contributed by atoms with Crippen LogP contribution in [0.5, 0.6) is 5.88 Å². The maximum absolute atomic E-state index is 5.32. The van der Waals surface area contributed by atoms with Gasteiger partial charge in [0.25, 0.3) is 0 Å². The Balaban J connectivity index is 1.68. The van der Waals surface area contributed by atoms with Gasteiger partial charge in [0.15, 0.2) is 0 Å². The van der Waals surface area contributed by atoms with Crippen molar-refractivity contribution in [1.29, 1.82) is 0 Å². The summed E-state index contributed by atoms with van der Waals surface area (Å²) in [4.78, 5) is 6.56. The fourth-order valence-corrected chi connectivity index (χ4v) is 2.52. The van der Waals surface area contributed by atoms with Gasteiger partial charge in [0, 0.05) is 31.6 Å². The lowest BCUT2D eigenvalue weighted by Gasteiger charge is -2.26. The minimum Gasteiger partial charge on any atom is -0.480 e. The molecule has 1 aliphatic rings. The van der Waals surface area contributed by atoms with Gasteiger partial charge < -0.3 is 14.2 Å².